The standard InChI is InChI=1S/C30H42O18S6/c1-7-49(34,35)16-25(17-50(36,37)8-2)46-28(31)22-13-23(29(32)47-26(18-51(38,39)9-3)19-52(40,41)10-4)15-24(14-22)30(33)48-27(20-53(42,43)11-5)21-54(44,45)12-6/h7-12,22-27H,1-6,13-21H2. The van der Waals surface area contributed by atoms with Crippen LogP contribution in [0.2, 0.25) is 0 Å². The third-order valence-corrected chi connectivity index (χ3v) is 15.7. The van der Waals surface area contributed by atoms with Gasteiger partial charge in [0.1, 0.15) is 18.3 Å². The number of carbonyl (C=O) groups is 3. The van der Waals surface area contributed by atoms with Crippen molar-refractivity contribution < 1.29 is 79.1 Å². The predicted molar refractivity (Wildman–Crippen MR) is 198 cm³/mol. The lowest BCUT2D eigenvalue weighted by atomic mass is 9.75. The summed E-state index contributed by atoms with van der Waals surface area (Å²) in [5, 5.41) is 2.91. The second-order valence-corrected chi connectivity index (χ2v) is 23.9. The molecule has 0 radical (unpaired) electrons. The molecule has 0 N–H and O–H groups in total. The third-order valence-electron chi connectivity index (χ3n) is 7.59. The maximum Gasteiger partial charge on any atom is 0.309 e. The highest BCUT2D eigenvalue weighted by Crippen LogP contribution is 2.37. The number of sulfone groups is 6. The maximum atomic E-state index is 13.5. The number of carbonyl (C=O) groups excluding carboxylic acids is 3. The van der Waals surface area contributed by atoms with Crippen LogP contribution < -0.4 is 0 Å². The molecule has 0 bridgehead atoms. The summed E-state index contributed by atoms with van der Waals surface area (Å²) in [6.45, 7) is 18.7. The summed E-state index contributed by atoms with van der Waals surface area (Å²) in [7, 11) is -25.2. The molecule has 0 amide bonds. The molecule has 306 valence electrons. The van der Waals surface area contributed by atoms with Crippen molar-refractivity contribution >= 4 is 76.9 Å². The molecule has 0 aromatic carbocycles. The van der Waals surface area contributed by atoms with Crippen molar-refractivity contribution in [1.82, 2.24) is 0 Å². The highest BCUT2D eigenvalue weighted by molar-refractivity contribution is 7.96. The van der Waals surface area contributed by atoms with Crippen molar-refractivity contribution in [2.45, 2.75) is 37.6 Å². The van der Waals surface area contributed by atoms with E-state index in [0.717, 1.165) is 0 Å². The van der Waals surface area contributed by atoms with Gasteiger partial charge in [0.05, 0.1) is 52.3 Å². The molecule has 1 saturated carbocycles. The van der Waals surface area contributed by atoms with Crippen molar-refractivity contribution in [3.05, 3.63) is 71.9 Å². The molecule has 0 aromatic rings. The van der Waals surface area contributed by atoms with E-state index in [1.807, 2.05) is 0 Å². The van der Waals surface area contributed by atoms with Crippen LogP contribution in [0.5, 0.6) is 0 Å². The number of rotatable bonds is 24. The van der Waals surface area contributed by atoms with Crippen LogP contribution in [0.4, 0.5) is 0 Å². The Labute approximate surface area is 316 Å². The highest BCUT2D eigenvalue weighted by atomic mass is 32.2. The smallest absolute Gasteiger partial charge is 0.309 e. The Bertz CT molecular complexity index is 1790. The Morgan fingerprint density at radius 2 is 0.537 bits per heavy atom. The first-order valence-corrected chi connectivity index (χ1v) is 25.6. The minimum atomic E-state index is -4.20. The topological polar surface area (TPSA) is 284 Å². The molecular weight excluding hydrogens is 841 g/mol. The van der Waals surface area contributed by atoms with Gasteiger partial charge in [-0.2, -0.15) is 0 Å². The van der Waals surface area contributed by atoms with Crippen LogP contribution in [0, 0.1) is 17.8 Å². The molecule has 1 aliphatic carbocycles. The Kier molecular flexibility index (Phi) is 17.5. The molecule has 1 rings (SSSR count). The average Bonchev–Trinajstić information content (AvgIpc) is 3.06. The first-order valence-electron chi connectivity index (χ1n) is 15.3. The van der Waals surface area contributed by atoms with Gasteiger partial charge in [0, 0.05) is 32.4 Å². The third kappa shape index (κ3) is 16.9. The van der Waals surface area contributed by atoms with Gasteiger partial charge >= 0.3 is 17.9 Å². The molecule has 0 saturated heterocycles. The maximum absolute atomic E-state index is 13.5. The second kappa shape index (κ2) is 19.4. The van der Waals surface area contributed by atoms with E-state index in [9.17, 15) is 64.9 Å². The van der Waals surface area contributed by atoms with E-state index >= 15 is 0 Å². The molecule has 18 nitrogen and oxygen atoms in total. The minimum absolute atomic E-state index is 0.484. The summed E-state index contributed by atoms with van der Waals surface area (Å²) in [6, 6.07) is 0. The average molecular weight is 883 g/mol. The van der Waals surface area contributed by atoms with Crippen LogP contribution in [-0.4, -0.2) is 121 Å². The summed E-state index contributed by atoms with van der Waals surface area (Å²) >= 11 is 0. The molecule has 0 heterocycles. The van der Waals surface area contributed by atoms with Crippen LogP contribution in [0.1, 0.15) is 19.3 Å². The largest absolute Gasteiger partial charge is 0.460 e. The lowest BCUT2D eigenvalue weighted by Gasteiger charge is -2.33. The Balaban J connectivity index is 3.69. The SMILES string of the molecule is C=CS(=O)(=O)CC(CS(=O)(=O)C=C)OC(=O)C1CC(C(=O)OC(CS(=O)(=O)C=C)CS(=O)(=O)C=C)CC(C(=O)OC(CS(=O)(=O)C=C)CS(=O)(=O)C=C)C1. The van der Waals surface area contributed by atoms with Crippen molar-refractivity contribution in [3.63, 3.8) is 0 Å². The fraction of sp³-hybridized carbons (Fsp3) is 0.500. The molecular formula is C30H42O18S6. The van der Waals surface area contributed by atoms with Crippen LogP contribution in [0.25, 0.3) is 0 Å². The van der Waals surface area contributed by atoms with Crippen LogP contribution in [-0.2, 0) is 87.6 Å². The first-order chi connectivity index (χ1) is 24.6. The zero-order valence-electron chi connectivity index (χ0n) is 28.8. The minimum Gasteiger partial charge on any atom is -0.460 e. The van der Waals surface area contributed by atoms with Crippen LogP contribution in [0.3, 0.4) is 0 Å². The van der Waals surface area contributed by atoms with Gasteiger partial charge in [-0.3, -0.25) is 14.4 Å². The van der Waals surface area contributed by atoms with E-state index in [0.29, 0.717) is 32.4 Å². The Morgan fingerprint density at radius 3 is 0.667 bits per heavy atom. The molecule has 0 aromatic heterocycles. The summed E-state index contributed by atoms with van der Waals surface area (Å²) in [4.78, 5) is 40.5. The normalized spacial score (nSPS) is 18.6. The number of hydrogen-bond donors (Lipinski definition) is 0. The van der Waals surface area contributed by atoms with Gasteiger partial charge in [0.15, 0.2) is 59.0 Å². The predicted octanol–water partition coefficient (Wildman–Crippen LogP) is 0.104. The Morgan fingerprint density at radius 1 is 0.389 bits per heavy atom. The zero-order chi connectivity index (χ0) is 41.9. The summed E-state index contributed by atoms with van der Waals surface area (Å²) in [6.07, 6.45) is -7.29. The van der Waals surface area contributed by atoms with Crippen LogP contribution >= 0.6 is 0 Å². The molecule has 0 unspecified atom stereocenters. The lowest BCUT2D eigenvalue weighted by Crippen LogP contribution is -2.42. The van der Waals surface area contributed by atoms with Crippen molar-refractivity contribution in [2.75, 3.05) is 34.5 Å². The van der Waals surface area contributed by atoms with E-state index in [2.05, 4.69) is 39.5 Å². The summed E-state index contributed by atoms with van der Waals surface area (Å²) in [5.74, 6) is -15.0. The van der Waals surface area contributed by atoms with E-state index in [1.165, 1.54) is 0 Å². The molecule has 0 aliphatic heterocycles. The van der Waals surface area contributed by atoms with Gasteiger partial charge in [-0.15, -0.1) is 0 Å². The number of hydrogen-bond acceptors (Lipinski definition) is 18. The fourth-order valence-electron chi connectivity index (χ4n) is 4.99. The van der Waals surface area contributed by atoms with E-state index < -0.39 is 167 Å². The van der Waals surface area contributed by atoms with Crippen molar-refractivity contribution in [3.8, 4) is 0 Å². The lowest BCUT2D eigenvalue weighted by molar-refractivity contribution is -0.164. The van der Waals surface area contributed by atoms with Gasteiger partial charge < -0.3 is 14.2 Å². The van der Waals surface area contributed by atoms with Gasteiger partial charge in [0.2, 0.25) is 0 Å². The molecule has 24 heteroatoms. The molecule has 1 aliphatic rings. The van der Waals surface area contributed by atoms with Gasteiger partial charge in [0.25, 0.3) is 0 Å². The van der Waals surface area contributed by atoms with Crippen molar-refractivity contribution in [1.29, 1.82) is 0 Å². The summed E-state index contributed by atoms with van der Waals surface area (Å²) < 4.78 is 163. The van der Waals surface area contributed by atoms with E-state index in [4.69, 9.17) is 14.2 Å². The van der Waals surface area contributed by atoms with E-state index in [1.54, 1.807) is 0 Å². The quantitative estimate of drug-likeness (QED) is 0.0918. The monoisotopic (exact) mass is 882 g/mol. The van der Waals surface area contributed by atoms with Gasteiger partial charge in [-0.05, 0) is 19.3 Å². The number of ether oxygens (including phenoxy) is 3. The molecule has 0 atom stereocenters. The molecule has 1 fully saturated rings. The van der Waals surface area contributed by atoms with Gasteiger partial charge in [-0.25, -0.2) is 50.5 Å². The first kappa shape index (κ1) is 48.6. The van der Waals surface area contributed by atoms with Crippen LogP contribution in [0.15, 0.2) is 71.9 Å². The van der Waals surface area contributed by atoms with Crippen molar-refractivity contribution in [2.24, 2.45) is 17.8 Å². The zero-order valence-corrected chi connectivity index (χ0v) is 33.7. The summed E-state index contributed by atoms with van der Waals surface area (Å²) in [5.41, 5.74) is 0. The highest BCUT2D eigenvalue weighted by Gasteiger charge is 2.44. The molecule has 54 heavy (non-hydrogen) atoms. The molecule has 0 spiro atoms. The second-order valence-electron chi connectivity index (χ2n) is 12.0. The van der Waals surface area contributed by atoms with E-state index in [-0.39, 0.29) is 0 Å². The van der Waals surface area contributed by atoms with Gasteiger partial charge in [-0.1, -0.05) is 39.5 Å². The Hall–Kier alpha value is -3.45. The fourth-order valence-corrected chi connectivity index (χ4v) is 10.5. The number of esters is 3.